The number of carbonyl (C=O) groups is 1. The Morgan fingerprint density at radius 2 is 1.96 bits per heavy atom. The fourth-order valence-electron chi connectivity index (χ4n) is 2.34. The molecule has 0 unspecified atom stereocenters. The van der Waals surface area contributed by atoms with Gasteiger partial charge >= 0.3 is 5.97 Å². The van der Waals surface area contributed by atoms with E-state index in [1.807, 2.05) is 18.2 Å². The highest BCUT2D eigenvalue weighted by Gasteiger charge is 2.25. The van der Waals surface area contributed by atoms with Crippen LogP contribution in [0.2, 0.25) is 0 Å². The van der Waals surface area contributed by atoms with Crippen molar-refractivity contribution in [3.05, 3.63) is 53.6 Å². The predicted octanol–water partition coefficient (Wildman–Crippen LogP) is 2.79. The number of rotatable bonds is 2. The molecule has 3 heterocycles. The Morgan fingerprint density at radius 3 is 2.78 bits per heavy atom. The van der Waals surface area contributed by atoms with Gasteiger partial charge in [0.15, 0.2) is 23.0 Å². The lowest BCUT2D eigenvalue weighted by Gasteiger charge is -2.07. The molecule has 4 rings (SSSR count). The Kier molecular flexibility index (Phi) is 3.34. The highest BCUT2D eigenvalue weighted by atomic mass is 16.6. The standard InChI is InChI=1S/C17H13NO5/c19-17-12(18-16(23-17)14-3-1-6-21-14)9-11-4-5-13-15(10-11)22-8-2-7-20-13/h1,3-6,9-10H,2,7-8H2/b12-9+. The van der Waals surface area contributed by atoms with Crippen LogP contribution in [0, 0.1) is 0 Å². The number of furan rings is 1. The average Bonchev–Trinajstić information content (AvgIpc) is 3.13. The van der Waals surface area contributed by atoms with E-state index in [1.54, 1.807) is 18.2 Å². The van der Waals surface area contributed by atoms with Crippen molar-refractivity contribution in [2.45, 2.75) is 6.42 Å². The van der Waals surface area contributed by atoms with Gasteiger partial charge in [-0.3, -0.25) is 0 Å². The summed E-state index contributed by atoms with van der Waals surface area (Å²) in [6.07, 6.45) is 3.98. The van der Waals surface area contributed by atoms with E-state index in [2.05, 4.69) is 4.99 Å². The van der Waals surface area contributed by atoms with E-state index in [9.17, 15) is 4.79 Å². The lowest BCUT2D eigenvalue weighted by atomic mass is 10.1. The van der Waals surface area contributed by atoms with Crippen LogP contribution < -0.4 is 9.47 Å². The maximum absolute atomic E-state index is 11.9. The van der Waals surface area contributed by atoms with Gasteiger partial charge in [0.1, 0.15) is 0 Å². The van der Waals surface area contributed by atoms with Gasteiger partial charge in [-0.1, -0.05) is 6.07 Å². The van der Waals surface area contributed by atoms with E-state index < -0.39 is 5.97 Å². The topological polar surface area (TPSA) is 70.3 Å². The minimum absolute atomic E-state index is 0.167. The number of cyclic esters (lactones) is 1. The number of aliphatic imine (C=N–C) groups is 1. The Morgan fingerprint density at radius 1 is 1.09 bits per heavy atom. The van der Waals surface area contributed by atoms with Crippen LogP contribution in [0.25, 0.3) is 6.08 Å². The van der Waals surface area contributed by atoms with Crippen molar-refractivity contribution in [1.82, 2.24) is 0 Å². The molecule has 0 N–H and O–H groups in total. The Balaban J connectivity index is 1.65. The first-order valence-electron chi connectivity index (χ1n) is 7.26. The number of benzene rings is 1. The maximum Gasteiger partial charge on any atom is 0.363 e. The summed E-state index contributed by atoms with van der Waals surface area (Å²) in [5.74, 6) is 1.45. The van der Waals surface area contributed by atoms with Crippen molar-refractivity contribution in [2.24, 2.45) is 4.99 Å². The number of esters is 1. The van der Waals surface area contributed by atoms with E-state index in [1.165, 1.54) is 6.26 Å². The lowest BCUT2D eigenvalue weighted by Crippen LogP contribution is -2.04. The second kappa shape index (κ2) is 5.64. The zero-order chi connectivity index (χ0) is 15.6. The monoisotopic (exact) mass is 311 g/mol. The fourth-order valence-corrected chi connectivity index (χ4v) is 2.34. The largest absolute Gasteiger partial charge is 0.490 e. The summed E-state index contributed by atoms with van der Waals surface area (Å²) in [4.78, 5) is 16.1. The van der Waals surface area contributed by atoms with Crippen LogP contribution in [0.1, 0.15) is 17.7 Å². The quantitative estimate of drug-likeness (QED) is 0.630. The summed E-state index contributed by atoms with van der Waals surface area (Å²) in [6, 6.07) is 8.87. The Labute approximate surface area is 132 Å². The third kappa shape index (κ3) is 2.70. The zero-order valence-electron chi connectivity index (χ0n) is 12.2. The van der Waals surface area contributed by atoms with Crippen LogP contribution in [-0.4, -0.2) is 25.1 Å². The highest BCUT2D eigenvalue weighted by molar-refractivity contribution is 6.11. The van der Waals surface area contributed by atoms with Crippen LogP contribution in [0.5, 0.6) is 11.5 Å². The van der Waals surface area contributed by atoms with Crippen molar-refractivity contribution >= 4 is 17.9 Å². The summed E-state index contributed by atoms with van der Waals surface area (Å²) in [5.41, 5.74) is 0.997. The third-order valence-electron chi connectivity index (χ3n) is 3.43. The molecule has 0 aliphatic carbocycles. The normalized spacial score (nSPS) is 18.5. The number of hydrogen-bond donors (Lipinski definition) is 0. The van der Waals surface area contributed by atoms with Gasteiger partial charge in [-0.2, -0.15) is 0 Å². The molecule has 116 valence electrons. The van der Waals surface area contributed by atoms with E-state index in [0.29, 0.717) is 30.5 Å². The molecule has 0 saturated carbocycles. The zero-order valence-corrected chi connectivity index (χ0v) is 12.2. The second-order valence-corrected chi connectivity index (χ2v) is 5.07. The first-order valence-corrected chi connectivity index (χ1v) is 7.26. The minimum Gasteiger partial charge on any atom is -0.490 e. The van der Waals surface area contributed by atoms with Gasteiger partial charge in [0.05, 0.1) is 19.5 Å². The number of fused-ring (bicyclic) bond motifs is 1. The van der Waals surface area contributed by atoms with Crippen molar-refractivity contribution in [3.8, 4) is 11.5 Å². The smallest absolute Gasteiger partial charge is 0.363 e. The first-order chi connectivity index (χ1) is 11.3. The molecule has 0 spiro atoms. The second-order valence-electron chi connectivity index (χ2n) is 5.07. The van der Waals surface area contributed by atoms with Gasteiger partial charge in [-0.15, -0.1) is 0 Å². The van der Waals surface area contributed by atoms with Gasteiger partial charge in [-0.05, 0) is 35.9 Å². The molecule has 0 fully saturated rings. The Hall–Kier alpha value is -3.02. The lowest BCUT2D eigenvalue weighted by molar-refractivity contribution is -0.130. The summed E-state index contributed by atoms with van der Waals surface area (Å²) in [6.45, 7) is 1.24. The van der Waals surface area contributed by atoms with Crippen molar-refractivity contribution in [2.75, 3.05) is 13.2 Å². The molecule has 0 bridgehead atoms. The molecule has 0 saturated heterocycles. The fraction of sp³-hybridized carbons (Fsp3) is 0.176. The first kappa shape index (κ1) is 13.6. The van der Waals surface area contributed by atoms with Crippen LogP contribution in [0.15, 0.2) is 51.7 Å². The highest BCUT2D eigenvalue weighted by Crippen LogP contribution is 2.31. The molecule has 2 aromatic rings. The molecule has 6 nitrogen and oxygen atoms in total. The molecule has 1 aromatic heterocycles. The molecular weight excluding hydrogens is 298 g/mol. The van der Waals surface area contributed by atoms with Crippen molar-refractivity contribution < 1.29 is 23.4 Å². The molecule has 1 aromatic carbocycles. The molecule has 23 heavy (non-hydrogen) atoms. The number of ether oxygens (including phenoxy) is 3. The van der Waals surface area contributed by atoms with Crippen LogP contribution in [0.4, 0.5) is 0 Å². The van der Waals surface area contributed by atoms with Gasteiger partial charge in [0.2, 0.25) is 0 Å². The van der Waals surface area contributed by atoms with E-state index >= 15 is 0 Å². The molecule has 0 radical (unpaired) electrons. The molecule has 2 aliphatic rings. The summed E-state index contributed by atoms with van der Waals surface area (Å²) >= 11 is 0. The number of nitrogens with zero attached hydrogens (tertiary/aromatic N) is 1. The third-order valence-corrected chi connectivity index (χ3v) is 3.43. The van der Waals surface area contributed by atoms with E-state index in [-0.39, 0.29) is 11.6 Å². The minimum atomic E-state index is -0.511. The Bertz CT molecular complexity index is 804. The van der Waals surface area contributed by atoms with Crippen molar-refractivity contribution in [3.63, 3.8) is 0 Å². The summed E-state index contributed by atoms with van der Waals surface area (Å²) in [5, 5.41) is 0. The number of hydrogen-bond acceptors (Lipinski definition) is 6. The molecule has 0 atom stereocenters. The SMILES string of the molecule is O=C1OC(c2ccco2)=N/C1=C/c1ccc2c(c1)OCCCO2. The van der Waals surface area contributed by atoms with E-state index in [4.69, 9.17) is 18.6 Å². The molecule has 6 heteroatoms. The van der Waals surface area contributed by atoms with Gasteiger partial charge in [0.25, 0.3) is 5.90 Å². The van der Waals surface area contributed by atoms with E-state index in [0.717, 1.165) is 12.0 Å². The molecular formula is C17H13NO5. The average molecular weight is 311 g/mol. The molecule has 2 aliphatic heterocycles. The van der Waals surface area contributed by atoms with Crippen molar-refractivity contribution in [1.29, 1.82) is 0 Å². The van der Waals surface area contributed by atoms with Gasteiger partial charge < -0.3 is 18.6 Å². The van der Waals surface area contributed by atoms with Crippen LogP contribution >= 0.6 is 0 Å². The van der Waals surface area contributed by atoms with Gasteiger partial charge in [0, 0.05) is 6.42 Å². The predicted molar refractivity (Wildman–Crippen MR) is 81.4 cm³/mol. The number of carbonyl (C=O) groups excluding carboxylic acids is 1. The van der Waals surface area contributed by atoms with Gasteiger partial charge in [-0.25, -0.2) is 9.79 Å². The summed E-state index contributed by atoms with van der Waals surface area (Å²) in [7, 11) is 0. The van der Waals surface area contributed by atoms with Crippen LogP contribution in [-0.2, 0) is 9.53 Å². The van der Waals surface area contributed by atoms with Crippen LogP contribution in [0.3, 0.4) is 0 Å². The summed E-state index contributed by atoms with van der Waals surface area (Å²) < 4.78 is 21.5. The maximum atomic E-state index is 11.9. The molecule has 0 amide bonds.